The van der Waals surface area contributed by atoms with Crippen LogP contribution in [-0.4, -0.2) is 16.7 Å². The molecule has 0 fully saturated rings. The number of ketones is 1. The smallest absolute Gasteiger partial charge is 0.222 e. The van der Waals surface area contributed by atoms with Crippen LogP contribution in [0.5, 0.6) is 0 Å². The van der Waals surface area contributed by atoms with E-state index in [1.165, 1.54) is 13.8 Å². The molecule has 0 bridgehead atoms. The Kier molecular flexibility index (Phi) is 3.35. The molecule has 0 aliphatic heterocycles. The highest BCUT2D eigenvalue weighted by molar-refractivity contribution is 9.10. The fourth-order valence-corrected chi connectivity index (χ4v) is 1.36. The topological polar surface area (TPSA) is 59.1 Å². The summed E-state index contributed by atoms with van der Waals surface area (Å²) in [6.45, 7) is 2.81. The van der Waals surface area contributed by atoms with Gasteiger partial charge in [0.1, 0.15) is 11.5 Å². The quantitative estimate of drug-likeness (QED) is 0.824. The average molecular weight is 257 g/mol. The van der Waals surface area contributed by atoms with Crippen LogP contribution in [0.15, 0.2) is 16.6 Å². The van der Waals surface area contributed by atoms with E-state index in [9.17, 15) is 9.59 Å². The maximum atomic E-state index is 11.0. The number of anilines is 1. The minimum absolute atomic E-state index is 0.141. The van der Waals surface area contributed by atoms with Crippen molar-refractivity contribution in [3.8, 4) is 0 Å². The lowest BCUT2D eigenvalue weighted by Gasteiger charge is -2.03. The number of carbonyl (C=O) groups excluding carboxylic acids is 2. The lowest BCUT2D eigenvalue weighted by atomic mass is 10.3. The van der Waals surface area contributed by atoms with Crippen molar-refractivity contribution in [1.82, 2.24) is 4.98 Å². The molecule has 1 aromatic rings. The third kappa shape index (κ3) is 2.92. The number of pyridine rings is 1. The predicted molar refractivity (Wildman–Crippen MR) is 56.2 cm³/mol. The minimum atomic E-state index is -0.217. The Morgan fingerprint density at radius 2 is 2.00 bits per heavy atom. The second-order valence-corrected chi connectivity index (χ2v) is 3.71. The molecule has 74 valence electrons. The van der Waals surface area contributed by atoms with Crippen LogP contribution in [-0.2, 0) is 4.79 Å². The second-order valence-electron chi connectivity index (χ2n) is 2.79. The first-order chi connectivity index (χ1) is 6.49. The van der Waals surface area contributed by atoms with Gasteiger partial charge in [0.05, 0.1) is 0 Å². The fourth-order valence-electron chi connectivity index (χ4n) is 0.922. The summed E-state index contributed by atoms with van der Waals surface area (Å²) in [5, 5.41) is 2.51. The molecule has 0 saturated heterocycles. The number of hydrogen-bond acceptors (Lipinski definition) is 3. The highest BCUT2D eigenvalue weighted by atomic mass is 79.9. The van der Waals surface area contributed by atoms with Gasteiger partial charge in [-0.3, -0.25) is 9.59 Å². The summed E-state index contributed by atoms with van der Waals surface area (Å²) in [4.78, 5) is 25.8. The van der Waals surface area contributed by atoms with Crippen molar-refractivity contribution in [2.45, 2.75) is 13.8 Å². The molecule has 14 heavy (non-hydrogen) atoms. The van der Waals surface area contributed by atoms with Gasteiger partial charge < -0.3 is 5.32 Å². The van der Waals surface area contributed by atoms with Crippen LogP contribution in [0.2, 0.25) is 0 Å². The van der Waals surface area contributed by atoms with Crippen LogP contribution in [0.1, 0.15) is 24.3 Å². The van der Waals surface area contributed by atoms with Gasteiger partial charge in [0.15, 0.2) is 5.78 Å². The Labute approximate surface area is 89.9 Å². The van der Waals surface area contributed by atoms with Crippen molar-refractivity contribution in [1.29, 1.82) is 0 Å². The fraction of sp³-hybridized carbons (Fsp3) is 0.222. The molecular weight excluding hydrogens is 248 g/mol. The largest absolute Gasteiger partial charge is 0.311 e. The average Bonchev–Trinajstić information content (AvgIpc) is 2.01. The normalized spacial score (nSPS) is 9.64. The summed E-state index contributed by atoms with van der Waals surface area (Å²) in [6.07, 6.45) is 0. The first-order valence-electron chi connectivity index (χ1n) is 3.95. The molecule has 0 saturated carbocycles. The molecule has 1 rings (SSSR count). The van der Waals surface area contributed by atoms with Gasteiger partial charge in [-0.1, -0.05) is 15.9 Å². The second kappa shape index (κ2) is 4.32. The third-order valence-corrected chi connectivity index (χ3v) is 1.91. The van der Waals surface area contributed by atoms with Gasteiger partial charge in [0.2, 0.25) is 5.91 Å². The van der Waals surface area contributed by atoms with Gasteiger partial charge in [-0.05, 0) is 12.1 Å². The Hall–Kier alpha value is -1.23. The van der Waals surface area contributed by atoms with Crippen molar-refractivity contribution in [3.63, 3.8) is 0 Å². The monoisotopic (exact) mass is 256 g/mol. The highest BCUT2D eigenvalue weighted by Gasteiger charge is 2.05. The molecule has 0 radical (unpaired) electrons. The standard InChI is InChI=1S/C9H9BrN2O2/c1-5(13)8-3-7(10)4-9(12-8)11-6(2)14/h3-4H,1-2H3,(H,11,12,14). The number of amides is 1. The molecule has 0 aliphatic carbocycles. The Bertz CT molecular complexity index is 390. The van der Waals surface area contributed by atoms with Crippen molar-refractivity contribution < 1.29 is 9.59 Å². The summed E-state index contributed by atoms with van der Waals surface area (Å²) >= 11 is 3.23. The van der Waals surface area contributed by atoms with Gasteiger partial charge >= 0.3 is 0 Å². The van der Waals surface area contributed by atoms with Crippen LogP contribution < -0.4 is 5.32 Å². The van der Waals surface area contributed by atoms with E-state index in [1.807, 2.05) is 0 Å². The summed E-state index contributed by atoms with van der Waals surface area (Å²) in [6, 6.07) is 3.24. The summed E-state index contributed by atoms with van der Waals surface area (Å²) in [5.41, 5.74) is 0.322. The predicted octanol–water partition coefficient (Wildman–Crippen LogP) is 2.01. The molecule has 0 atom stereocenters. The van der Waals surface area contributed by atoms with E-state index in [1.54, 1.807) is 12.1 Å². The highest BCUT2D eigenvalue weighted by Crippen LogP contribution is 2.16. The van der Waals surface area contributed by atoms with E-state index in [2.05, 4.69) is 26.2 Å². The Balaban J connectivity index is 3.07. The van der Waals surface area contributed by atoms with Crippen LogP contribution >= 0.6 is 15.9 Å². The SMILES string of the molecule is CC(=O)Nc1cc(Br)cc(C(C)=O)n1. The molecule has 1 aromatic heterocycles. The number of carbonyl (C=O) groups is 2. The number of hydrogen-bond donors (Lipinski definition) is 1. The van der Waals surface area contributed by atoms with Crippen molar-refractivity contribution in [2.24, 2.45) is 0 Å². The minimum Gasteiger partial charge on any atom is -0.311 e. The molecule has 0 spiro atoms. The first-order valence-corrected chi connectivity index (χ1v) is 4.74. The molecular formula is C9H9BrN2O2. The molecule has 1 N–H and O–H groups in total. The number of aromatic nitrogens is 1. The molecule has 0 unspecified atom stereocenters. The van der Waals surface area contributed by atoms with Gasteiger partial charge in [0, 0.05) is 18.3 Å². The van der Waals surface area contributed by atoms with E-state index in [4.69, 9.17) is 0 Å². The number of nitrogens with one attached hydrogen (secondary N) is 1. The zero-order valence-corrected chi connectivity index (χ0v) is 9.38. The molecule has 1 amide bonds. The lowest BCUT2D eigenvalue weighted by molar-refractivity contribution is -0.114. The van der Waals surface area contributed by atoms with E-state index in [0.29, 0.717) is 16.0 Å². The maximum absolute atomic E-state index is 11.0. The first kappa shape index (κ1) is 10.8. The number of Topliss-reactive ketones (excluding diaryl/α,β-unsaturated/α-hetero) is 1. The molecule has 4 nitrogen and oxygen atoms in total. The molecule has 0 aliphatic rings. The van der Waals surface area contributed by atoms with Crippen molar-refractivity contribution in [2.75, 3.05) is 5.32 Å². The van der Waals surface area contributed by atoms with E-state index < -0.39 is 0 Å². The van der Waals surface area contributed by atoms with Crippen LogP contribution in [0.25, 0.3) is 0 Å². The third-order valence-electron chi connectivity index (χ3n) is 1.45. The number of nitrogens with zero attached hydrogens (tertiary/aromatic N) is 1. The van der Waals surface area contributed by atoms with Crippen LogP contribution in [0, 0.1) is 0 Å². The van der Waals surface area contributed by atoms with Crippen molar-refractivity contribution >= 4 is 33.4 Å². The maximum Gasteiger partial charge on any atom is 0.222 e. The lowest BCUT2D eigenvalue weighted by Crippen LogP contribution is -2.09. The van der Waals surface area contributed by atoms with Gasteiger partial charge in [-0.15, -0.1) is 0 Å². The van der Waals surface area contributed by atoms with Gasteiger partial charge in [-0.25, -0.2) is 4.98 Å². The van der Waals surface area contributed by atoms with Gasteiger partial charge in [0.25, 0.3) is 0 Å². The Morgan fingerprint density at radius 3 is 2.50 bits per heavy atom. The molecule has 0 aromatic carbocycles. The Morgan fingerprint density at radius 1 is 1.36 bits per heavy atom. The number of halogens is 1. The van der Waals surface area contributed by atoms with E-state index in [-0.39, 0.29) is 11.7 Å². The molecule has 5 heteroatoms. The number of rotatable bonds is 2. The summed E-state index contributed by atoms with van der Waals surface area (Å²) < 4.78 is 0.710. The molecule has 1 heterocycles. The summed E-state index contributed by atoms with van der Waals surface area (Å²) in [5.74, 6) is 0.0140. The van der Waals surface area contributed by atoms with Crippen LogP contribution in [0.4, 0.5) is 5.82 Å². The van der Waals surface area contributed by atoms with Gasteiger partial charge in [-0.2, -0.15) is 0 Å². The van der Waals surface area contributed by atoms with Crippen LogP contribution in [0.3, 0.4) is 0 Å². The zero-order valence-electron chi connectivity index (χ0n) is 7.80. The van der Waals surface area contributed by atoms with E-state index in [0.717, 1.165) is 0 Å². The summed E-state index contributed by atoms with van der Waals surface area (Å²) in [7, 11) is 0. The zero-order chi connectivity index (χ0) is 10.7. The van der Waals surface area contributed by atoms with Crippen molar-refractivity contribution in [3.05, 3.63) is 22.3 Å². The van der Waals surface area contributed by atoms with E-state index >= 15 is 0 Å².